The standard InChI is InChI=1S/C17H20ClNO5/c1-4-9-24-17(22)13(11(3)20)10-19-14-8-6-7-12(15(14)18)16(21)23-5-2/h6-8,10,13H,4-5,9H2,1-3H3. The molecule has 0 aromatic heterocycles. The van der Waals surface area contributed by atoms with Crippen LogP contribution in [0.5, 0.6) is 0 Å². The number of benzene rings is 1. The lowest BCUT2D eigenvalue weighted by Gasteiger charge is -2.09. The van der Waals surface area contributed by atoms with E-state index in [2.05, 4.69) is 4.99 Å². The number of halogens is 1. The molecule has 7 heteroatoms. The Bertz CT molecular complexity index is 642. The number of carbonyl (C=O) groups is 3. The molecule has 0 saturated heterocycles. The summed E-state index contributed by atoms with van der Waals surface area (Å²) in [4.78, 5) is 39.4. The van der Waals surface area contributed by atoms with Crippen molar-refractivity contribution < 1.29 is 23.9 Å². The number of ether oxygens (including phenoxy) is 2. The molecule has 1 aromatic rings. The summed E-state index contributed by atoms with van der Waals surface area (Å²) >= 11 is 6.15. The van der Waals surface area contributed by atoms with Crippen molar-refractivity contribution in [2.24, 2.45) is 10.9 Å². The van der Waals surface area contributed by atoms with Crippen LogP contribution in [0.15, 0.2) is 23.2 Å². The van der Waals surface area contributed by atoms with Crippen molar-refractivity contribution in [3.63, 3.8) is 0 Å². The van der Waals surface area contributed by atoms with E-state index >= 15 is 0 Å². The third-order valence-corrected chi connectivity index (χ3v) is 3.37. The smallest absolute Gasteiger partial charge is 0.339 e. The summed E-state index contributed by atoms with van der Waals surface area (Å²) in [6, 6.07) is 4.66. The molecule has 0 radical (unpaired) electrons. The number of ketones is 1. The van der Waals surface area contributed by atoms with Crippen LogP contribution in [-0.4, -0.2) is 37.2 Å². The largest absolute Gasteiger partial charge is 0.465 e. The fourth-order valence-electron chi connectivity index (χ4n) is 1.77. The Morgan fingerprint density at radius 3 is 2.54 bits per heavy atom. The predicted octanol–water partition coefficient (Wildman–Crippen LogP) is 3.38. The number of carbonyl (C=O) groups excluding carboxylic acids is 3. The zero-order chi connectivity index (χ0) is 18.1. The first kappa shape index (κ1) is 19.8. The Balaban J connectivity index is 3.03. The van der Waals surface area contributed by atoms with Gasteiger partial charge >= 0.3 is 11.9 Å². The van der Waals surface area contributed by atoms with Crippen LogP contribution in [0.4, 0.5) is 5.69 Å². The van der Waals surface area contributed by atoms with Gasteiger partial charge in [0.1, 0.15) is 5.78 Å². The zero-order valence-electron chi connectivity index (χ0n) is 13.9. The maximum Gasteiger partial charge on any atom is 0.339 e. The highest BCUT2D eigenvalue weighted by molar-refractivity contribution is 6.36. The van der Waals surface area contributed by atoms with Crippen molar-refractivity contribution in [1.29, 1.82) is 0 Å². The molecule has 0 fully saturated rings. The van der Waals surface area contributed by atoms with Crippen LogP contribution >= 0.6 is 11.6 Å². The summed E-state index contributed by atoms with van der Waals surface area (Å²) in [5.74, 6) is -2.73. The minimum Gasteiger partial charge on any atom is -0.465 e. The van der Waals surface area contributed by atoms with E-state index in [1.54, 1.807) is 19.1 Å². The molecule has 6 nitrogen and oxygen atoms in total. The van der Waals surface area contributed by atoms with Crippen LogP contribution in [0.25, 0.3) is 0 Å². The minimum atomic E-state index is -1.11. The molecule has 0 N–H and O–H groups in total. The molecule has 1 unspecified atom stereocenters. The van der Waals surface area contributed by atoms with Crippen molar-refractivity contribution in [3.8, 4) is 0 Å². The minimum absolute atomic E-state index is 0.0939. The Hall–Kier alpha value is -2.21. The molecule has 0 aliphatic rings. The molecule has 24 heavy (non-hydrogen) atoms. The Morgan fingerprint density at radius 2 is 1.96 bits per heavy atom. The van der Waals surface area contributed by atoms with Crippen LogP contribution in [0.3, 0.4) is 0 Å². The molecule has 1 aromatic carbocycles. The molecule has 0 heterocycles. The van der Waals surface area contributed by atoms with E-state index < -0.39 is 23.6 Å². The first-order valence-electron chi connectivity index (χ1n) is 7.59. The highest BCUT2D eigenvalue weighted by Crippen LogP contribution is 2.29. The monoisotopic (exact) mass is 353 g/mol. The quantitative estimate of drug-likeness (QED) is 0.406. The van der Waals surface area contributed by atoms with Crippen LogP contribution < -0.4 is 0 Å². The summed E-state index contributed by atoms with van der Waals surface area (Å²) in [6.45, 7) is 5.27. The number of Topliss-reactive ketones (excluding diaryl/α,β-unsaturated/α-hetero) is 1. The average molecular weight is 354 g/mol. The summed E-state index contributed by atoms with van der Waals surface area (Å²) < 4.78 is 9.88. The van der Waals surface area contributed by atoms with Crippen LogP contribution in [0, 0.1) is 5.92 Å². The fraction of sp³-hybridized carbons (Fsp3) is 0.412. The second-order valence-electron chi connectivity index (χ2n) is 4.89. The predicted molar refractivity (Wildman–Crippen MR) is 91.0 cm³/mol. The van der Waals surface area contributed by atoms with Crippen molar-refractivity contribution in [1.82, 2.24) is 0 Å². The van der Waals surface area contributed by atoms with E-state index in [0.29, 0.717) is 6.42 Å². The van der Waals surface area contributed by atoms with E-state index in [0.717, 1.165) is 0 Å². The molecule has 0 aliphatic carbocycles. The summed E-state index contributed by atoms with van der Waals surface area (Å²) in [6.07, 6.45) is 1.83. The van der Waals surface area contributed by atoms with Gasteiger partial charge in [0, 0.05) is 6.21 Å². The molecule has 0 amide bonds. The van der Waals surface area contributed by atoms with Crippen LogP contribution in [0.1, 0.15) is 37.6 Å². The van der Waals surface area contributed by atoms with Crippen molar-refractivity contribution >= 4 is 41.2 Å². The van der Waals surface area contributed by atoms with Crippen LogP contribution in [0.2, 0.25) is 5.02 Å². The third-order valence-electron chi connectivity index (χ3n) is 2.98. The Kier molecular flexibility index (Phi) is 8.12. The lowest BCUT2D eigenvalue weighted by molar-refractivity contribution is -0.148. The topological polar surface area (TPSA) is 82.0 Å². The van der Waals surface area contributed by atoms with Crippen LogP contribution in [-0.2, 0) is 19.1 Å². The van der Waals surface area contributed by atoms with E-state index in [4.69, 9.17) is 21.1 Å². The Labute approximate surface area is 145 Å². The average Bonchev–Trinajstić information content (AvgIpc) is 2.54. The van der Waals surface area contributed by atoms with E-state index in [1.165, 1.54) is 19.2 Å². The zero-order valence-corrected chi connectivity index (χ0v) is 14.6. The van der Waals surface area contributed by atoms with Crippen molar-refractivity contribution in [2.75, 3.05) is 13.2 Å². The van der Waals surface area contributed by atoms with Gasteiger partial charge in [0.05, 0.1) is 29.5 Å². The van der Waals surface area contributed by atoms with Gasteiger partial charge in [-0.2, -0.15) is 0 Å². The van der Waals surface area contributed by atoms with Gasteiger partial charge in [-0.05, 0) is 32.4 Å². The van der Waals surface area contributed by atoms with Gasteiger partial charge < -0.3 is 9.47 Å². The summed E-state index contributed by atoms with van der Waals surface area (Å²) in [5, 5.41) is 0.0939. The van der Waals surface area contributed by atoms with E-state index in [9.17, 15) is 14.4 Å². The Morgan fingerprint density at radius 1 is 1.25 bits per heavy atom. The maximum absolute atomic E-state index is 11.9. The molecule has 1 atom stereocenters. The second-order valence-corrected chi connectivity index (χ2v) is 5.27. The first-order valence-corrected chi connectivity index (χ1v) is 7.97. The molecule has 130 valence electrons. The van der Waals surface area contributed by atoms with Gasteiger partial charge in [0.15, 0.2) is 5.92 Å². The van der Waals surface area contributed by atoms with Crippen molar-refractivity contribution in [3.05, 3.63) is 28.8 Å². The van der Waals surface area contributed by atoms with Gasteiger partial charge in [0.2, 0.25) is 0 Å². The highest BCUT2D eigenvalue weighted by atomic mass is 35.5. The number of hydrogen-bond acceptors (Lipinski definition) is 6. The molecule has 0 spiro atoms. The number of aliphatic imine (C=N–C) groups is 1. The molecule has 0 bridgehead atoms. The molecular weight excluding hydrogens is 334 g/mol. The lowest BCUT2D eigenvalue weighted by atomic mass is 10.1. The van der Waals surface area contributed by atoms with E-state index in [-0.39, 0.29) is 29.5 Å². The lowest BCUT2D eigenvalue weighted by Crippen LogP contribution is -2.25. The maximum atomic E-state index is 11.9. The van der Waals surface area contributed by atoms with Crippen molar-refractivity contribution in [2.45, 2.75) is 27.2 Å². The molecule has 0 aliphatic heterocycles. The summed E-state index contributed by atoms with van der Waals surface area (Å²) in [5.41, 5.74) is 0.429. The van der Waals surface area contributed by atoms with Gasteiger partial charge in [-0.3, -0.25) is 14.6 Å². The van der Waals surface area contributed by atoms with Gasteiger partial charge in [0.25, 0.3) is 0 Å². The first-order chi connectivity index (χ1) is 11.4. The second kappa shape index (κ2) is 9.82. The molecular formula is C17H20ClNO5. The van der Waals surface area contributed by atoms with Gasteiger partial charge in [-0.1, -0.05) is 24.6 Å². The number of hydrogen-bond donors (Lipinski definition) is 0. The number of esters is 2. The third kappa shape index (κ3) is 5.45. The highest BCUT2D eigenvalue weighted by Gasteiger charge is 2.23. The van der Waals surface area contributed by atoms with Gasteiger partial charge in [-0.25, -0.2) is 4.79 Å². The molecule has 0 saturated carbocycles. The SMILES string of the molecule is CCCOC(=O)C(C=Nc1cccc(C(=O)OCC)c1Cl)C(C)=O. The van der Waals surface area contributed by atoms with Gasteiger partial charge in [-0.15, -0.1) is 0 Å². The summed E-state index contributed by atoms with van der Waals surface area (Å²) in [7, 11) is 0. The van der Waals surface area contributed by atoms with E-state index in [1.807, 2.05) is 6.92 Å². The molecule has 1 rings (SSSR count). The normalized spacial score (nSPS) is 12.0. The fourth-order valence-corrected chi connectivity index (χ4v) is 2.02. The number of rotatable bonds is 8. The number of nitrogens with zero attached hydrogens (tertiary/aromatic N) is 1.